The van der Waals surface area contributed by atoms with E-state index in [1.807, 2.05) is 17.0 Å². The van der Waals surface area contributed by atoms with Gasteiger partial charge in [0.1, 0.15) is 12.1 Å². The highest BCUT2D eigenvalue weighted by Gasteiger charge is 2.35. The van der Waals surface area contributed by atoms with Gasteiger partial charge in [-0.1, -0.05) is 25.0 Å². The van der Waals surface area contributed by atoms with Gasteiger partial charge in [0.15, 0.2) is 0 Å². The zero-order chi connectivity index (χ0) is 19.5. The highest BCUT2D eigenvalue weighted by atomic mass is 16.2. The lowest BCUT2D eigenvalue weighted by Gasteiger charge is -2.24. The Morgan fingerprint density at radius 2 is 1.93 bits per heavy atom. The highest BCUT2D eigenvalue weighted by molar-refractivity contribution is 5.94. The van der Waals surface area contributed by atoms with Crippen LogP contribution < -0.4 is 11.1 Å². The van der Waals surface area contributed by atoms with Crippen LogP contribution in [0.4, 0.5) is 5.82 Å². The molecule has 1 saturated carbocycles. The fourth-order valence-corrected chi connectivity index (χ4v) is 4.18. The summed E-state index contributed by atoms with van der Waals surface area (Å²) in [6.45, 7) is 1.29. The van der Waals surface area contributed by atoms with E-state index in [0.29, 0.717) is 30.4 Å². The zero-order valence-corrected chi connectivity index (χ0v) is 15.8. The number of hydrogen-bond donors (Lipinski definition) is 2. The number of hydrogen-bond acceptors (Lipinski definition) is 5. The lowest BCUT2D eigenvalue weighted by molar-refractivity contribution is -0.129. The number of likely N-dealkylation sites (tertiary alicyclic amines) is 1. The molecule has 1 aliphatic carbocycles. The summed E-state index contributed by atoms with van der Waals surface area (Å²) >= 11 is 0. The molecule has 7 nitrogen and oxygen atoms in total. The van der Waals surface area contributed by atoms with E-state index in [1.54, 1.807) is 18.2 Å². The number of nitrogens with two attached hydrogens (primary N) is 1. The molecule has 0 unspecified atom stereocenters. The maximum Gasteiger partial charge on any atom is 0.251 e. The van der Waals surface area contributed by atoms with Crippen LogP contribution in [-0.2, 0) is 4.79 Å². The van der Waals surface area contributed by atoms with Gasteiger partial charge in [0.2, 0.25) is 5.91 Å². The lowest BCUT2D eigenvalue weighted by Crippen LogP contribution is -2.36. The van der Waals surface area contributed by atoms with Crippen molar-refractivity contribution in [1.29, 1.82) is 0 Å². The largest absolute Gasteiger partial charge is 0.384 e. The van der Waals surface area contributed by atoms with E-state index in [0.717, 1.165) is 30.6 Å². The number of nitrogen functional groups attached to an aromatic ring is 1. The Labute approximate surface area is 164 Å². The summed E-state index contributed by atoms with van der Waals surface area (Å²) in [7, 11) is 0. The molecule has 2 aliphatic rings. The Hall–Kier alpha value is -2.96. The van der Waals surface area contributed by atoms with Gasteiger partial charge >= 0.3 is 0 Å². The molecule has 1 atom stereocenters. The van der Waals surface area contributed by atoms with Crippen LogP contribution in [0.5, 0.6) is 0 Å². The minimum Gasteiger partial charge on any atom is -0.384 e. The third-order valence-electron chi connectivity index (χ3n) is 5.69. The van der Waals surface area contributed by atoms with E-state index >= 15 is 0 Å². The molecule has 7 heteroatoms. The standard InChI is InChI=1S/C21H25N5O2/c22-19-10-18(24-13-25-19)15-5-7-16(8-6-15)21(28)23-11-14-9-20(27)26(12-14)17-3-1-2-4-17/h5-8,10,13-14,17H,1-4,9,11-12H2,(H,23,28)(H2,22,24,25)/t14-/m0/s1. The van der Waals surface area contributed by atoms with Crippen LogP contribution in [0.15, 0.2) is 36.7 Å². The van der Waals surface area contributed by atoms with Gasteiger partial charge in [0, 0.05) is 48.7 Å². The number of aromatic nitrogens is 2. The molecular formula is C21H25N5O2. The quantitative estimate of drug-likeness (QED) is 0.830. The van der Waals surface area contributed by atoms with E-state index in [1.165, 1.54) is 19.2 Å². The van der Waals surface area contributed by atoms with Gasteiger partial charge in [-0.05, 0) is 25.0 Å². The first-order chi connectivity index (χ1) is 13.6. The lowest BCUT2D eigenvalue weighted by atomic mass is 10.1. The first kappa shape index (κ1) is 18.4. The van der Waals surface area contributed by atoms with Gasteiger partial charge in [-0.25, -0.2) is 9.97 Å². The third kappa shape index (κ3) is 3.98. The van der Waals surface area contributed by atoms with Crippen LogP contribution in [0.1, 0.15) is 42.5 Å². The summed E-state index contributed by atoms with van der Waals surface area (Å²) in [6.07, 6.45) is 6.62. The molecule has 1 aliphatic heterocycles. The molecule has 28 heavy (non-hydrogen) atoms. The second kappa shape index (κ2) is 7.96. The minimum atomic E-state index is -0.125. The maximum absolute atomic E-state index is 12.5. The Kier molecular flexibility index (Phi) is 5.23. The number of carbonyl (C=O) groups is 2. The van der Waals surface area contributed by atoms with E-state index in [2.05, 4.69) is 15.3 Å². The van der Waals surface area contributed by atoms with Crippen molar-refractivity contribution in [2.45, 2.75) is 38.1 Å². The van der Waals surface area contributed by atoms with Gasteiger partial charge in [-0.2, -0.15) is 0 Å². The van der Waals surface area contributed by atoms with Crippen molar-refractivity contribution >= 4 is 17.6 Å². The molecule has 2 amide bonds. The van der Waals surface area contributed by atoms with Crippen molar-refractivity contribution in [2.24, 2.45) is 5.92 Å². The van der Waals surface area contributed by atoms with Gasteiger partial charge in [0.05, 0.1) is 5.69 Å². The predicted molar refractivity (Wildman–Crippen MR) is 106 cm³/mol. The molecule has 2 aromatic rings. The Morgan fingerprint density at radius 3 is 2.64 bits per heavy atom. The molecule has 3 N–H and O–H groups in total. The van der Waals surface area contributed by atoms with Crippen LogP contribution in [0.25, 0.3) is 11.3 Å². The second-order valence-corrected chi connectivity index (χ2v) is 7.67. The summed E-state index contributed by atoms with van der Waals surface area (Å²) in [6, 6.07) is 9.34. The monoisotopic (exact) mass is 379 g/mol. The fraction of sp³-hybridized carbons (Fsp3) is 0.429. The molecule has 146 valence electrons. The second-order valence-electron chi connectivity index (χ2n) is 7.67. The molecule has 0 bridgehead atoms. The number of rotatable bonds is 5. The van der Waals surface area contributed by atoms with E-state index in [4.69, 9.17) is 5.73 Å². The Morgan fingerprint density at radius 1 is 1.18 bits per heavy atom. The number of amides is 2. The van der Waals surface area contributed by atoms with E-state index in [-0.39, 0.29) is 17.7 Å². The summed E-state index contributed by atoms with van der Waals surface area (Å²) in [5.74, 6) is 0.713. The predicted octanol–water partition coefficient (Wildman–Crippen LogP) is 2.25. The minimum absolute atomic E-state index is 0.125. The van der Waals surface area contributed by atoms with E-state index in [9.17, 15) is 9.59 Å². The number of carbonyl (C=O) groups excluding carboxylic acids is 2. The maximum atomic E-state index is 12.5. The van der Waals surface area contributed by atoms with Crippen LogP contribution in [0.2, 0.25) is 0 Å². The van der Waals surface area contributed by atoms with E-state index < -0.39 is 0 Å². The molecule has 0 radical (unpaired) electrons. The summed E-state index contributed by atoms with van der Waals surface area (Å²) in [5, 5.41) is 2.98. The summed E-state index contributed by atoms with van der Waals surface area (Å²) in [4.78, 5) is 34.9. The third-order valence-corrected chi connectivity index (χ3v) is 5.69. The zero-order valence-electron chi connectivity index (χ0n) is 15.8. The average Bonchev–Trinajstić information content (AvgIpc) is 3.36. The molecule has 4 rings (SSSR count). The smallest absolute Gasteiger partial charge is 0.251 e. The molecular weight excluding hydrogens is 354 g/mol. The van der Waals surface area contributed by atoms with Gasteiger partial charge in [-0.3, -0.25) is 9.59 Å². The van der Waals surface area contributed by atoms with Crippen molar-refractivity contribution in [3.8, 4) is 11.3 Å². The van der Waals surface area contributed by atoms with Crippen LogP contribution >= 0.6 is 0 Å². The average molecular weight is 379 g/mol. The summed E-state index contributed by atoms with van der Waals surface area (Å²) < 4.78 is 0. The van der Waals surface area contributed by atoms with Crippen LogP contribution in [0.3, 0.4) is 0 Å². The number of nitrogens with zero attached hydrogens (tertiary/aromatic N) is 3. The van der Waals surface area contributed by atoms with Crippen LogP contribution in [-0.4, -0.2) is 45.8 Å². The summed E-state index contributed by atoms with van der Waals surface area (Å²) in [5.41, 5.74) is 7.87. The molecule has 1 aromatic carbocycles. The van der Waals surface area contributed by atoms with Crippen LogP contribution in [0, 0.1) is 5.92 Å². The van der Waals surface area contributed by atoms with Gasteiger partial charge in [0.25, 0.3) is 5.91 Å². The number of anilines is 1. The van der Waals surface area contributed by atoms with Crippen molar-refractivity contribution < 1.29 is 9.59 Å². The van der Waals surface area contributed by atoms with Crippen molar-refractivity contribution in [1.82, 2.24) is 20.2 Å². The number of nitrogens with one attached hydrogen (secondary N) is 1. The SMILES string of the molecule is Nc1cc(-c2ccc(C(=O)NC[C@@H]3CC(=O)N(C4CCCC4)C3)cc2)ncn1. The van der Waals surface area contributed by atoms with Gasteiger partial charge < -0.3 is 16.0 Å². The first-order valence-electron chi connectivity index (χ1n) is 9.86. The van der Waals surface area contributed by atoms with Crippen molar-refractivity contribution in [3.63, 3.8) is 0 Å². The molecule has 1 aromatic heterocycles. The normalized spacial score (nSPS) is 19.9. The Balaban J connectivity index is 1.32. The first-order valence-corrected chi connectivity index (χ1v) is 9.86. The topological polar surface area (TPSA) is 101 Å². The number of benzene rings is 1. The Bertz CT molecular complexity index is 861. The molecule has 1 saturated heterocycles. The molecule has 0 spiro atoms. The fourth-order valence-electron chi connectivity index (χ4n) is 4.18. The van der Waals surface area contributed by atoms with Crippen molar-refractivity contribution in [3.05, 3.63) is 42.2 Å². The highest BCUT2D eigenvalue weighted by Crippen LogP contribution is 2.29. The van der Waals surface area contributed by atoms with Crippen molar-refractivity contribution in [2.75, 3.05) is 18.8 Å². The molecule has 2 heterocycles. The van der Waals surface area contributed by atoms with Gasteiger partial charge in [-0.15, -0.1) is 0 Å². The molecule has 2 fully saturated rings.